The van der Waals surface area contributed by atoms with Crippen LogP contribution in [0.5, 0.6) is 17.2 Å². The molecule has 1 saturated carbocycles. The number of phenols is 1. The Labute approximate surface area is 302 Å². The Morgan fingerprint density at radius 3 is 2.37 bits per heavy atom. The number of rotatable bonds is 7. The van der Waals surface area contributed by atoms with Gasteiger partial charge in [-0.25, -0.2) is 4.79 Å². The first-order valence-corrected chi connectivity index (χ1v) is 16.8. The van der Waals surface area contributed by atoms with Gasteiger partial charge >= 0.3 is 6.03 Å². The third-order valence-electron chi connectivity index (χ3n) is 10.5. The number of likely N-dealkylation sites (tertiary alicyclic amines) is 1. The van der Waals surface area contributed by atoms with Gasteiger partial charge in [0.25, 0.3) is 11.8 Å². The number of benzene rings is 3. The molecule has 2 heterocycles. The van der Waals surface area contributed by atoms with Crippen LogP contribution >= 0.6 is 23.2 Å². The van der Waals surface area contributed by atoms with Crippen LogP contribution in [0, 0.1) is 29.6 Å². The summed E-state index contributed by atoms with van der Waals surface area (Å²) in [4.78, 5) is 69.7. The molecule has 7 rings (SSSR count). The number of anilines is 1. The molecule has 3 aromatic carbocycles. The number of hydrogen-bond donors (Lipinski definition) is 3. The van der Waals surface area contributed by atoms with Crippen molar-refractivity contribution in [2.45, 2.75) is 18.3 Å². The molecular formula is C37H32Cl2N4O8. The summed E-state index contributed by atoms with van der Waals surface area (Å²) in [6.45, 7) is 0. The van der Waals surface area contributed by atoms with Crippen molar-refractivity contribution < 1.29 is 38.6 Å². The SMILES string of the molecule is COc1ccc([C@@]23C(=O)N(Nc4ccc(Cl)cc4Cl)C(=O)[C@@H]2C[C@@H]2C(=CC[C@@H]4C(=O)N(C(N)=O)C(=O)[C@@H]42)[C@@H]3C=Cc2ccc(O)c(OC)c2)cc1. The number of urea groups is 1. The van der Waals surface area contributed by atoms with Crippen LogP contribution < -0.4 is 20.6 Å². The summed E-state index contributed by atoms with van der Waals surface area (Å²) in [7, 11) is 2.94. The van der Waals surface area contributed by atoms with Crippen LogP contribution in [0.25, 0.3) is 6.08 Å². The van der Waals surface area contributed by atoms with Gasteiger partial charge in [0.05, 0.1) is 48.1 Å². The zero-order valence-corrected chi connectivity index (χ0v) is 28.9. The number of phenolic OH excluding ortho intramolecular Hbond substituents is 1. The van der Waals surface area contributed by atoms with Crippen LogP contribution in [0.1, 0.15) is 24.0 Å². The maximum atomic E-state index is 15.2. The predicted molar refractivity (Wildman–Crippen MR) is 187 cm³/mol. The number of fused-ring (bicyclic) bond motifs is 4. The number of carbonyl (C=O) groups is 5. The first-order chi connectivity index (χ1) is 24.4. The van der Waals surface area contributed by atoms with E-state index in [2.05, 4.69) is 5.43 Å². The summed E-state index contributed by atoms with van der Waals surface area (Å²) < 4.78 is 10.7. The number of halogens is 2. The number of nitrogens with one attached hydrogen (secondary N) is 1. The summed E-state index contributed by atoms with van der Waals surface area (Å²) >= 11 is 12.6. The zero-order valence-electron chi connectivity index (χ0n) is 27.3. The molecule has 4 aliphatic rings. The van der Waals surface area contributed by atoms with Gasteiger partial charge in [-0.05, 0) is 72.4 Å². The molecular weight excluding hydrogens is 699 g/mol. The Hall–Kier alpha value is -5.33. The Balaban J connectivity index is 1.44. The fourth-order valence-corrected chi connectivity index (χ4v) is 8.76. The van der Waals surface area contributed by atoms with Crippen molar-refractivity contribution in [3.05, 3.63) is 99.6 Å². The highest BCUT2D eigenvalue weighted by Crippen LogP contribution is 2.61. The lowest BCUT2D eigenvalue weighted by Gasteiger charge is -2.49. The average molecular weight is 732 g/mol. The minimum Gasteiger partial charge on any atom is -0.504 e. The fraction of sp³-hybridized carbons (Fsp3) is 0.270. The molecule has 0 unspecified atom stereocenters. The first kappa shape index (κ1) is 34.1. The van der Waals surface area contributed by atoms with Gasteiger partial charge in [-0.15, -0.1) is 0 Å². The van der Waals surface area contributed by atoms with E-state index in [1.54, 1.807) is 60.7 Å². The minimum atomic E-state index is -1.56. The summed E-state index contributed by atoms with van der Waals surface area (Å²) in [6, 6.07) is 15.1. The van der Waals surface area contributed by atoms with Crippen molar-refractivity contribution in [3.63, 3.8) is 0 Å². The lowest BCUT2D eigenvalue weighted by atomic mass is 9.50. The van der Waals surface area contributed by atoms with Gasteiger partial charge in [0, 0.05) is 10.9 Å². The number of ether oxygens (including phenoxy) is 2. The molecule has 3 aromatic rings. The molecule has 2 aliphatic heterocycles. The van der Waals surface area contributed by atoms with Crippen molar-refractivity contribution in [1.29, 1.82) is 0 Å². The lowest BCUT2D eigenvalue weighted by Crippen LogP contribution is -2.54. The highest BCUT2D eigenvalue weighted by molar-refractivity contribution is 6.36. The number of imide groups is 4. The topological polar surface area (TPSA) is 169 Å². The molecule has 262 valence electrons. The first-order valence-electron chi connectivity index (χ1n) is 16.1. The normalized spacial score (nSPS) is 26.9. The van der Waals surface area contributed by atoms with Crippen molar-refractivity contribution in [2.24, 2.45) is 35.3 Å². The Morgan fingerprint density at radius 1 is 0.961 bits per heavy atom. The van der Waals surface area contributed by atoms with Crippen molar-refractivity contribution in [2.75, 3.05) is 19.6 Å². The minimum absolute atomic E-state index is 0.0130. The van der Waals surface area contributed by atoms with E-state index in [9.17, 15) is 24.3 Å². The zero-order chi connectivity index (χ0) is 36.4. The summed E-state index contributed by atoms with van der Waals surface area (Å²) in [5.41, 5.74) is 8.93. The number of nitrogens with zero attached hydrogens (tertiary/aromatic N) is 2. The van der Waals surface area contributed by atoms with Gasteiger partial charge in [0.1, 0.15) is 5.75 Å². The molecule has 0 spiro atoms. The van der Waals surface area contributed by atoms with Crippen LogP contribution in [0.2, 0.25) is 10.0 Å². The van der Waals surface area contributed by atoms with Crippen LogP contribution in [0.15, 0.2) is 78.4 Å². The molecule has 12 nitrogen and oxygen atoms in total. The summed E-state index contributed by atoms with van der Waals surface area (Å²) in [5, 5.41) is 11.7. The molecule has 6 atom stereocenters. The third-order valence-corrected chi connectivity index (χ3v) is 11.1. The van der Waals surface area contributed by atoms with E-state index in [0.717, 1.165) is 5.01 Å². The van der Waals surface area contributed by atoms with E-state index >= 15 is 4.79 Å². The molecule has 0 radical (unpaired) electrons. The second-order valence-electron chi connectivity index (χ2n) is 12.9. The van der Waals surface area contributed by atoms with E-state index in [-0.39, 0.29) is 35.1 Å². The number of hydrazine groups is 1. The largest absolute Gasteiger partial charge is 0.504 e. The van der Waals surface area contributed by atoms with Crippen LogP contribution in [-0.4, -0.2) is 58.9 Å². The molecule has 0 bridgehead atoms. The fourth-order valence-electron chi connectivity index (χ4n) is 8.31. The van der Waals surface area contributed by atoms with Gasteiger partial charge in [0.15, 0.2) is 11.5 Å². The van der Waals surface area contributed by atoms with Crippen LogP contribution in [0.3, 0.4) is 0 Å². The summed E-state index contributed by atoms with van der Waals surface area (Å²) in [6.07, 6.45) is 5.54. The average Bonchev–Trinajstić information content (AvgIpc) is 3.50. The van der Waals surface area contributed by atoms with Gasteiger partial charge in [-0.1, -0.05) is 65.2 Å². The molecule has 0 aromatic heterocycles. The Morgan fingerprint density at radius 2 is 1.71 bits per heavy atom. The van der Waals surface area contributed by atoms with Crippen molar-refractivity contribution in [1.82, 2.24) is 9.91 Å². The number of carbonyl (C=O) groups excluding carboxylic acids is 5. The Kier molecular flexibility index (Phi) is 8.55. The highest BCUT2D eigenvalue weighted by atomic mass is 35.5. The molecule has 2 saturated heterocycles. The highest BCUT2D eigenvalue weighted by Gasteiger charge is 2.69. The molecule has 2 aliphatic carbocycles. The standard InChI is InChI=1S/C37H32Cl2N4O8/c1-50-21-8-5-19(6-9-21)37-25(12-3-18-4-14-29(44)30(15-18)51-2)22-10-11-23-31(34(47)42(32(23)45)36(40)49)24(22)17-26(37)33(46)43(35(37)48)41-28-13-7-20(38)16-27(28)39/h3-10,12-16,23-26,31,41,44H,11,17H2,1-2H3,(H2,40,49)/t23-,24+,25-,26-,31-,37-/m0/s1. The number of allylic oxidation sites excluding steroid dienone is 3. The van der Waals surface area contributed by atoms with Crippen LogP contribution in [0.4, 0.5) is 10.5 Å². The van der Waals surface area contributed by atoms with Crippen molar-refractivity contribution >= 4 is 64.6 Å². The molecule has 14 heteroatoms. The lowest BCUT2D eigenvalue weighted by molar-refractivity contribution is -0.139. The quantitative estimate of drug-likeness (QED) is 0.215. The summed E-state index contributed by atoms with van der Waals surface area (Å²) in [5.74, 6) is -6.27. The number of amides is 6. The van der Waals surface area contributed by atoms with Gasteiger partial charge in [-0.3, -0.25) is 24.6 Å². The van der Waals surface area contributed by atoms with Gasteiger partial charge in [0.2, 0.25) is 11.8 Å². The van der Waals surface area contributed by atoms with E-state index in [0.29, 0.717) is 32.4 Å². The molecule has 51 heavy (non-hydrogen) atoms. The molecule has 6 amide bonds. The Bertz CT molecular complexity index is 2070. The van der Waals surface area contributed by atoms with Gasteiger partial charge < -0.3 is 20.3 Å². The second-order valence-corrected chi connectivity index (χ2v) is 13.7. The maximum absolute atomic E-state index is 15.2. The van der Waals surface area contributed by atoms with Crippen LogP contribution in [-0.2, 0) is 24.6 Å². The smallest absolute Gasteiger partial charge is 0.328 e. The van der Waals surface area contributed by atoms with E-state index in [4.69, 9.17) is 38.4 Å². The number of primary amides is 1. The monoisotopic (exact) mass is 730 g/mol. The predicted octanol–water partition coefficient (Wildman–Crippen LogP) is 5.33. The number of aromatic hydroxyl groups is 1. The molecule has 4 N–H and O–H groups in total. The third kappa shape index (κ3) is 5.23. The number of nitrogens with two attached hydrogens (primary N) is 1. The van der Waals surface area contributed by atoms with E-state index < -0.39 is 64.7 Å². The second kappa shape index (κ2) is 12.8. The number of hydrogen-bond acceptors (Lipinski definition) is 9. The maximum Gasteiger partial charge on any atom is 0.328 e. The number of methoxy groups -OCH3 is 2. The van der Waals surface area contributed by atoms with Gasteiger partial charge in [-0.2, -0.15) is 9.91 Å². The van der Waals surface area contributed by atoms with E-state index in [1.165, 1.54) is 26.4 Å². The van der Waals surface area contributed by atoms with Crippen molar-refractivity contribution in [3.8, 4) is 17.2 Å². The molecule has 3 fully saturated rings. The van der Waals surface area contributed by atoms with E-state index in [1.807, 2.05) is 6.08 Å².